The van der Waals surface area contributed by atoms with E-state index in [0.717, 1.165) is 51.9 Å². The predicted molar refractivity (Wildman–Crippen MR) is 57.4 cm³/mol. The summed E-state index contributed by atoms with van der Waals surface area (Å²) in [5.74, 6) is 0. The van der Waals surface area contributed by atoms with Crippen molar-refractivity contribution in [2.75, 3.05) is 26.2 Å². The highest BCUT2D eigenvalue weighted by atomic mass is 16.5. The maximum Gasteiger partial charge on any atom is 0.119 e. The smallest absolute Gasteiger partial charge is 0.119 e. The molecule has 15 heavy (non-hydrogen) atoms. The molecular weight excluding hydrogens is 190 g/mol. The molecule has 0 aromatic carbocycles. The van der Waals surface area contributed by atoms with Crippen LogP contribution in [0.2, 0.25) is 0 Å². The Morgan fingerprint density at radius 1 is 1.53 bits per heavy atom. The normalized spacial score (nSPS) is 36.3. The summed E-state index contributed by atoms with van der Waals surface area (Å²) in [4.78, 5) is 0. The maximum atomic E-state index is 9.22. The van der Waals surface area contributed by atoms with Crippen LogP contribution >= 0.6 is 0 Å². The number of nitrogens with one attached hydrogen (secondary N) is 2. The van der Waals surface area contributed by atoms with Crippen molar-refractivity contribution in [1.29, 1.82) is 5.26 Å². The molecule has 2 aliphatic heterocycles. The molecule has 0 aliphatic carbocycles. The van der Waals surface area contributed by atoms with Crippen LogP contribution < -0.4 is 10.6 Å². The average Bonchev–Trinajstić information content (AvgIpc) is 2.81. The van der Waals surface area contributed by atoms with Gasteiger partial charge in [0.1, 0.15) is 5.54 Å². The molecule has 0 saturated carbocycles. The third kappa shape index (κ3) is 2.69. The van der Waals surface area contributed by atoms with Gasteiger partial charge in [-0.2, -0.15) is 5.26 Å². The largest absolute Gasteiger partial charge is 0.377 e. The predicted octanol–water partition coefficient (Wildman–Crippen LogP) is 0.401. The highest BCUT2D eigenvalue weighted by molar-refractivity contribution is 5.10. The first-order valence-corrected chi connectivity index (χ1v) is 5.83. The maximum absolute atomic E-state index is 9.22. The van der Waals surface area contributed by atoms with E-state index in [1.165, 1.54) is 0 Å². The molecule has 2 saturated heterocycles. The van der Waals surface area contributed by atoms with Crippen molar-refractivity contribution < 1.29 is 4.74 Å². The van der Waals surface area contributed by atoms with Crippen LogP contribution in [0.5, 0.6) is 0 Å². The van der Waals surface area contributed by atoms with Crippen molar-refractivity contribution in [3.8, 4) is 6.07 Å². The summed E-state index contributed by atoms with van der Waals surface area (Å²) in [6.07, 6.45) is 4.62. The fourth-order valence-corrected chi connectivity index (χ4v) is 2.31. The van der Waals surface area contributed by atoms with E-state index in [1.807, 2.05) is 0 Å². The lowest BCUT2D eigenvalue weighted by atomic mass is 9.91. The Balaban J connectivity index is 1.81. The highest BCUT2D eigenvalue weighted by Gasteiger charge is 2.32. The van der Waals surface area contributed by atoms with Gasteiger partial charge in [0.25, 0.3) is 0 Å². The van der Waals surface area contributed by atoms with Gasteiger partial charge in [-0.05, 0) is 32.2 Å². The Bertz CT molecular complexity index is 237. The molecule has 2 N–H and O–H groups in total. The van der Waals surface area contributed by atoms with E-state index in [1.54, 1.807) is 0 Å². The molecule has 2 heterocycles. The molecule has 4 nitrogen and oxygen atoms in total. The highest BCUT2D eigenvalue weighted by Crippen LogP contribution is 2.17. The molecule has 2 aliphatic rings. The lowest BCUT2D eigenvalue weighted by Gasteiger charge is -2.33. The second-order valence-corrected chi connectivity index (χ2v) is 4.49. The molecule has 0 aromatic rings. The van der Waals surface area contributed by atoms with E-state index >= 15 is 0 Å². The standard InChI is InChI=1S/C11H19N3O/c12-8-11(4-2-5-13-9-11)14-7-10-3-1-6-15-10/h10,13-14H,1-7,9H2. The number of hydrogen-bond donors (Lipinski definition) is 2. The van der Waals surface area contributed by atoms with E-state index in [4.69, 9.17) is 4.74 Å². The topological polar surface area (TPSA) is 57.1 Å². The summed E-state index contributed by atoms with van der Waals surface area (Å²) in [6, 6.07) is 2.41. The molecule has 0 radical (unpaired) electrons. The first kappa shape index (κ1) is 10.9. The summed E-state index contributed by atoms with van der Waals surface area (Å²) >= 11 is 0. The van der Waals surface area contributed by atoms with Gasteiger partial charge in [0.15, 0.2) is 0 Å². The minimum Gasteiger partial charge on any atom is -0.377 e. The first-order chi connectivity index (χ1) is 7.35. The first-order valence-electron chi connectivity index (χ1n) is 5.83. The molecular formula is C11H19N3O. The third-order valence-corrected chi connectivity index (χ3v) is 3.29. The number of ether oxygens (including phenoxy) is 1. The van der Waals surface area contributed by atoms with Gasteiger partial charge in [-0.1, -0.05) is 0 Å². The van der Waals surface area contributed by atoms with Gasteiger partial charge in [-0.25, -0.2) is 0 Å². The van der Waals surface area contributed by atoms with Gasteiger partial charge in [0.2, 0.25) is 0 Å². The molecule has 2 atom stereocenters. The SMILES string of the molecule is N#CC1(NCC2CCCO2)CCCNC1. The fraction of sp³-hybridized carbons (Fsp3) is 0.909. The molecule has 84 valence electrons. The van der Waals surface area contributed by atoms with Crippen molar-refractivity contribution in [1.82, 2.24) is 10.6 Å². The average molecular weight is 209 g/mol. The zero-order valence-electron chi connectivity index (χ0n) is 9.09. The summed E-state index contributed by atoms with van der Waals surface area (Å²) in [5, 5.41) is 15.9. The second-order valence-electron chi connectivity index (χ2n) is 4.49. The van der Waals surface area contributed by atoms with Crippen LogP contribution in [-0.4, -0.2) is 37.9 Å². The fourth-order valence-electron chi connectivity index (χ4n) is 2.31. The zero-order chi connectivity index (χ0) is 10.6. The Morgan fingerprint density at radius 3 is 3.07 bits per heavy atom. The Hall–Kier alpha value is -0.630. The van der Waals surface area contributed by atoms with Crippen LogP contribution in [0.25, 0.3) is 0 Å². The van der Waals surface area contributed by atoms with Gasteiger partial charge < -0.3 is 10.1 Å². The van der Waals surface area contributed by atoms with Crippen molar-refractivity contribution in [3.63, 3.8) is 0 Å². The summed E-state index contributed by atoms with van der Waals surface area (Å²) in [7, 11) is 0. The van der Waals surface area contributed by atoms with Gasteiger partial charge >= 0.3 is 0 Å². The molecule has 0 amide bonds. The van der Waals surface area contributed by atoms with E-state index < -0.39 is 0 Å². The number of piperidine rings is 1. The summed E-state index contributed by atoms with van der Waals surface area (Å²) < 4.78 is 5.54. The number of rotatable bonds is 3. The molecule has 0 spiro atoms. The van der Waals surface area contributed by atoms with E-state index in [2.05, 4.69) is 16.7 Å². The van der Waals surface area contributed by atoms with E-state index in [0.29, 0.717) is 6.10 Å². The molecule has 2 unspecified atom stereocenters. The number of nitriles is 1. The quantitative estimate of drug-likeness (QED) is 0.706. The van der Waals surface area contributed by atoms with Crippen molar-refractivity contribution in [3.05, 3.63) is 0 Å². The molecule has 2 fully saturated rings. The van der Waals surface area contributed by atoms with Crippen LogP contribution in [0.1, 0.15) is 25.7 Å². The summed E-state index contributed by atoms with van der Waals surface area (Å²) in [6.45, 7) is 3.49. The van der Waals surface area contributed by atoms with Crippen LogP contribution in [0.4, 0.5) is 0 Å². The lowest BCUT2D eigenvalue weighted by molar-refractivity contribution is 0.102. The number of hydrogen-bond acceptors (Lipinski definition) is 4. The molecule has 2 rings (SSSR count). The summed E-state index contributed by atoms with van der Waals surface area (Å²) in [5.41, 5.74) is -0.357. The molecule has 0 aromatic heterocycles. The minimum absolute atomic E-state index is 0.317. The number of nitrogens with zero attached hydrogens (tertiary/aromatic N) is 1. The second kappa shape index (κ2) is 4.93. The van der Waals surface area contributed by atoms with Crippen molar-refractivity contribution in [2.45, 2.75) is 37.3 Å². The monoisotopic (exact) mass is 209 g/mol. The van der Waals surface area contributed by atoms with Gasteiger partial charge in [-0.15, -0.1) is 0 Å². The van der Waals surface area contributed by atoms with Crippen LogP contribution in [0, 0.1) is 11.3 Å². The van der Waals surface area contributed by atoms with Crippen LogP contribution in [0.3, 0.4) is 0 Å². The van der Waals surface area contributed by atoms with Gasteiger partial charge in [0, 0.05) is 19.7 Å². The Kier molecular flexibility index (Phi) is 3.57. The minimum atomic E-state index is -0.357. The molecule has 4 heteroatoms. The van der Waals surface area contributed by atoms with E-state index in [-0.39, 0.29) is 5.54 Å². The molecule has 0 bridgehead atoms. The van der Waals surface area contributed by atoms with Crippen molar-refractivity contribution in [2.24, 2.45) is 0 Å². The third-order valence-electron chi connectivity index (χ3n) is 3.29. The van der Waals surface area contributed by atoms with Crippen LogP contribution in [0.15, 0.2) is 0 Å². The van der Waals surface area contributed by atoms with Gasteiger partial charge in [-0.3, -0.25) is 5.32 Å². The van der Waals surface area contributed by atoms with E-state index in [9.17, 15) is 5.26 Å². The Labute approximate surface area is 91.0 Å². The lowest BCUT2D eigenvalue weighted by Crippen LogP contribution is -2.56. The van der Waals surface area contributed by atoms with Crippen LogP contribution in [-0.2, 0) is 4.74 Å². The zero-order valence-corrected chi connectivity index (χ0v) is 9.09. The van der Waals surface area contributed by atoms with Gasteiger partial charge in [0.05, 0.1) is 12.2 Å². The Morgan fingerprint density at radius 2 is 2.47 bits per heavy atom. The van der Waals surface area contributed by atoms with Crippen molar-refractivity contribution >= 4 is 0 Å².